The third kappa shape index (κ3) is 4.37. The molecule has 1 aliphatic heterocycles. The Morgan fingerprint density at radius 3 is 2.50 bits per heavy atom. The minimum atomic E-state index is -4.47. The second-order valence-corrected chi connectivity index (χ2v) is 5.37. The van der Waals surface area contributed by atoms with Gasteiger partial charge in [0.15, 0.2) is 0 Å². The van der Waals surface area contributed by atoms with E-state index in [9.17, 15) is 18.0 Å². The lowest BCUT2D eigenvalue weighted by Crippen LogP contribution is -2.33. The van der Waals surface area contributed by atoms with Gasteiger partial charge in [0.05, 0.1) is 18.4 Å². The summed E-state index contributed by atoms with van der Waals surface area (Å²) in [7, 11) is 0. The highest BCUT2D eigenvalue weighted by molar-refractivity contribution is 5.71. The molecule has 1 aliphatic rings. The molecular formula is C15H18F3NO3. The van der Waals surface area contributed by atoms with Crippen LogP contribution in [-0.2, 0) is 4.79 Å². The Hall–Kier alpha value is -1.76. The van der Waals surface area contributed by atoms with Gasteiger partial charge in [-0.1, -0.05) is 18.2 Å². The summed E-state index contributed by atoms with van der Waals surface area (Å²) < 4.78 is 44.0. The molecule has 2 atom stereocenters. The van der Waals surface area contributed by atoms with Gasteiger partial charge in [0, 0.05) is 19.6 Å². The lowest BCUT2D eigenvalue weighted by Gasteiger charge is -2.18. The largest absolute Gasteiger partial charge is 0.494 e. The van der Waals surface area contributed by atoms with Gasteiger partial charge in [-0.05, 0) is 18.6 Å². The zero-order chi connectivity index (χ0) is 16.2. The highest BCUT2D eigenvalue weighted by Crippen LogP contribution is 2.37. The van der Waals surface area contributed by atoms with E-state index in [4.69, 9.17) is 9.84 Å². The number of carbonyl (C=O) groups is 1. The maximum absolute atomic E-state index is 12.8. The molecule has 0 radical (unpaired) electrons. The lowest BCUT2D eigenvalue weighted by molar-refractivity contribution is -0.188. The number of alkyl halides is 3. The smallest absolute Gasteiger partial charge is 0.393 e. The number of likely N-dealkylation sites (tertiary alicyclic amines) is 1. The molecule has 4 nitrogen and oxygen atoms in total. The molecule has 22 heavy (non-hydrogen) atoms. The van der Waals surface area contributed by atoms with Gasteiger partial charge in [-0.3, -0.25) is 4.79 Å². The molecule has 1 fully saturated rings. The normalized spacial score (nSPS) is 22.7. The molecule has 0 aliphatic carbocycles. The zero-order valence-electron chi connectivity index (χ0n) is 11.9. The Bertz CT molecular complexity index is 493. The third-order valence-corrected chi connectivity index (χ3v) is 3.76. The van der Waals surface area contributed by atoms with Gasteiger partial charge in [0.1, 0.15) is 5.75 Å². The number of benzene rings is 1. The number of hydrogen-bond donors (Lipinski definition) is 1. The first kappa shape index (κ1) is 16.6. The second kappa shape index (κ2) is 7.00. The van der Waals surface area contributed by atoms with Gasteiger partial charge in [-0.2, -0.15) is 13.2 Å². The summed E-state index contributed by atoms with van der Waals surface area (Å²) in [4.78, 5) is 12.5. The van der Waals surface area contributed by atoms with Crippen LogP contribution < -0.4 is 4.74 Å². The molecule has 1 aromatic rings. The topological polar surface area (TPSA) is 49.8 Å². The van der Waals surface area contributed by atoms with Gasteiger partial charge in [0.2, 0.25) is 0 Å². The molecule has 0 amide bonds. The average Bonchev–Trinajstić information content (AvgIpc) is 2.89. The number of carboxylic acids is 1. The maximum atomic E-state index is 12.8. The maximum Gasteiger partial charge on any atom is 0.393 e. The van der Waals surface area contributed by atoms with Crippen LogP contribution >= 0.6 is 0 Å². The summed E-state index contributed by atoms with van der Waals surface area (Å²) >= 11 is 0. The Morgan fingerprint density at radius 2 is 1.95 bits per heavy atom. The quantitative estimate of drug-likeness (QED) is 0.820. The Labute approximate surface area is 126 Å². The van der Waals surface area contributed by atoms with Crippen LogP contribution in [-0.4, -0.2) is 48.4 Å². The average molecular weight is 317 g/mol. The minimum absolute atomic E-state index is 0.0646. The standard InChI is InChI=1S/C15H18F3NO3/c16-15(17,18)13-10-19(9-12(13)14(20)21)7-4-8-22-11-5-2-1-3-6-11/h1-3,5-6,12-13H,4,7-10H2,(H,20,21)/t12-,13-/m1/s1. The summed E-state index contributed by atoms with van der Waals surface area (Å²) in [6.07, 6.45) is -3.93. The Kier molecular flexibility index (Phi) is 5.28. The van der Waals surface area contributed by atoms with Crippen LogP contribution in [0.25, 0.3) is 0 Å². The molecule has 0 aromatic heterocycles. The molecule has 1 aromatic carbocycles. The molecule has 122 valence electrons. The molecule has 0 bridgehead atoms. The molecule has 1 heterocycles. The van der Waals surface area contributed by atoms with Crippen LogP contribution in [0, 0.1) is 11.8 Å². The number of ether oxygens (including phenoxy) is 1. The third-order valence-electron chi connectivity index (χ3n) is 3.76. The first-order chi connectivity index (χ1) is 10.4. The van der Waals surface area contributed by atoms with E-state index in [1.54, 1.807) is 17.0 Å². The van der Waals surface area contributed by atoms with E-state index < -0.39 is 24.0 Å². The van der Waals surface area contributed by atoms with Crippen molar-refractivity contribution in [3.63, 3.8) is 0 Å². The highest BCUT2D eigenvalue weighted by atomic mass is 19.4. The van der Waals surface area contributed by atoms with Crippen molar-refractivity contribution in [1.29, 1.82) is 0 Å². The van der Waals surface area contributed by atoms with Crippen LogP contribution in [0.15, 0.2) is 30.3 Å². The Balaban J connectivity index is 1.78. The number of rotatable bonds is 6. The van der Waals surface area contributed by atoms with Crippen molar-refractivity contribution in [2.24, 2.45) is 11.8 Å². The van der Waals surface area contributed by atoms with E-state index in [1.807, 2.05) is 18.2 Å². The second-order valence-electron chi connectivity index (χ2n) is 5.37. The molecule has 0 spiro atoms. The molecule has 0 saturated carbocycles. The predicted molar refractivity (Wildman–Crippen MR) is 73.7 cm³/mol. The first-order valence-electron chi connectivity index (χ1n) is 7.07. The fourth-order valence-electron chi connectivity index (χ4n) is 2.64. The van der Waals surface area contributed by atoms with Crippen LogP contribution in [0.3, 0.4) is 0 Å². The highest BCUT2D eigenvalue weighted by Gasteiger charge is 2.52. The number of nitrogens with zero attached hydrogens (tertiary/aromatic N) is 1. The molecule has 0 unspecified atom stereocenters. The van der Waals surface area contributed by atoms with E-state index in [0.29, 0.717) is 25.3 Å². The predicted octanol–water partition coefficient (Wildman–Crippen LogP) is 2.65. The number of para-hydroxylation sites is 1. The number of hydrogen-bond acceptors (Lipinski definition) is 3. The summed E-state index contributed by atoms with van der Waals surface area (Å²) in [6.45, 7) is 0.453. The summed E-state index contributed by atoms with van der Waals surface area (Å²) in [5.74, 6) is -3.85. The van der Waals surface area contributed by atoms with Gasteiger partial charge < -0.3 is 14.7 Å². The SMILES string of the molecule is O=C(O)[C@@H]1CN(CCCOc2ccccc2)C[C@H]1C(F)(F)F. The van der Waals surface area contributed by atoms with E-state index >= 15 is 0 Å². The fraction of sp³-hybridized carbons (Fsp3) is 0.533. The monoisotopic (exact) mass is 317 g/mol. The van der Waals surface area contributed by atoms with Crippen molar-refractivity contribution < 1.29 is 27.8 Å². The lowest BCUT2D eigenvalue weighted by atomic mass is 9.96. The number of halogens is 3. The zero-order valence-corrected chi connectivity index (χ0v) is 11.9. The van der Waals surface area contributed by atoms with Crippen LogP contribution in [0.1, 0.15) is 6.42 Å². The van der Waals surface area contributed by atoms with E-state index in [0.717, 1.165) is 0 Å². The van der Waals surface area contributed by atoms with Gasteiger partial charge in [-0.25, -0.2) is 0 Å². The van der Waals surface area contributed by atoms with E-state index in [-0.39, 0.29) is 13.1 Å². The van der Waals surface area contributed by atoms with Gasteiger partial charge in [-0.15, -0.1) is 0 Å². The van der Waals surface area contributed by atoms with Crippen LogP contribution in [0.5, 0.6) is 5.75 Å². The van der Waals surface area contributed by atoms with Crippen LogP contribution in [0.2, 0.25) is 0 Å². The molecule has 2 rings (SSSR count). The van der Waals surface area contributed by atoms with Crippen molar-refractivity contribution in [1.82, 2.24) is 4.90 Å². The summed E-state index contributed by atoms with van der Waals surface area (Å²) in [5.41, 5.74) is 0. The van der Waals surface area contributed by atoms with Gasteiger partial charge >= 0.3 is 12.1 Å². The molecule has 1 N–H and O–H groups in total. The van der Waals surface area contributed by atoms with Crippen molar-refractivity contribution >= 4 is 5.97 Å². The van der Waals surface area contributed by atoms with Crippen molar-refractivity contribution in [3.05, 3.63) is 30.3 Å². The first-order valence-corrected chi connectivity index (χ1v) is 7.07. The molecular weight excluding hydrogens is 299 g/mol. The van der Waals surface area contributed by atoms with Crippen molar-refractivity contribution in [2.45, 2.75) is 12.6 Å². The van der Waals surface area contributed by atoms with Crippen molar-refractivity contribution in [3.8, 4) is 5.75 Å². The fourth-order valence-corrected chi connectivity index (χ4v) is 2.64. The van der Waals surface area contributed by atoms with Crippen molar-refractivity contribution in [2.75, 3.05) is 26.2 Å². The van der Waals surface area contributed by atoms with E-state index in [1.165, 1.54) is 0 Å². The number of carboxylic acid groups (broad SMARTS) is 1. The van der Waals surface area contributed by atoms with Gasteiger partial charge in [0.25, 0.3) is 0 Å². The van der Waals surface area contributed by atoms with Crippen LogP contribution in [0.4, 0.5) is 13.2 Å². The number of aliphatic carboxylic acids is 1. The minimum Gasteiger partial charge on any atom is -0.494 e. The summed E-state index contributed by atoms with van der Waals surface area (Å²) in [5, 5.41) is 8.93. The molecule has 1 saturated heterocycles. The molecule has 7 heteroatoms. The summed E-state index contributed by atoms with van der Waals surface area (Å²) in [6, 6.07) is 9.13. The van der Waals surface area contributed by atoms with E-state index in [2.05, 4.69) is 0 Å². The Morgan fingerprint density at radius 1 is 1.27 bits per heavy atom.